The van der Waals surface area contributed by atoms with Crippen LogP contribution in [0.25, 0.3) is 0 Å². The summed E-state index contributed by atoms with van der Waals surface area (Å²) in [5.41, 5.74) is 0.471. The first-order valence-electron chi connectivity index (χ1n) is 10.4. The van der Waals surface area contributed by atoms with Crippen molar-refractivity contribution in [1.29, 1.82) is 0 Å². The number of esters is 2. The van der Waals surface area contributed by atoms with Crippen molar-refractivity contribution in [3.05, 3.63) is 35.4 Å². The van der Waals surface area contributed by atoms with Gasteiger partial charge >= 0.3 is 11.9 Å². The molecule has 0 radical (unpaired) electrons. The van der Waals surface area contributed by atoms with Gasteiger partial charge < -0.3 is 9.47 Å². The van der Waals surface area contributed by atoms with E-state index in [0.717, 1.165) is 19.3 Å². The van der Waals surface area contributed by atoms with E-state index in [1.807, 2.05) is 6.92 Å². The van der Waals surface area contributed by atoms with Crippen LogP contribution in [0.1, 0.15) is 93.4 Å². The van der Waals surface area contributed by atoms with E-state index in [1.54, 1.807) is 24.3 Å². The van der Waals surface area contributed by atoms with Crippen LogP contribution >= 0.6 is 0 Å². The van der Waals surface area contributed by atoms with Gasteiger partial charge in [-0.3, -0.25) is 0 Å². The third kappa shape index (κ3) is 9.08. The van der Waals surface area contributed by atoms with Gasteiger partial charge in [0.1, 0.15) is 0 Å². The third-order valence-corrected chi connectivity index (χ3v) is 4.22. The summed E-state index contributed by atoms with van der Waals surface area (Å²) in [6, 6.07) is 6.63. The standard InChI is InChI=1S/C24H34O4/c1-5-7-9-10-13-17-27-23(25)21-15-11-12-16-22(21)24(26)28-20(14-8-6-2)18-19(3)4/h11-12,15-16,19-20H,5-7,9-10,13,17-18H2,1-4H3. The maximum absolute atomic E-state index is 12.7. The quantitative estimate of drug-likeness (QED) is 0.274. The highest BCUT2D eigenvalue weighted by molar-refractivity contribution is 6.03. The number of hydrogen-bond acceptors (Lipinski definition) is 4. The lowest BCUT2D eigenvalue weighted by Crippen LogP contribution is -2.21. The van der Waals surface area contributed by atoms with Crippen LogP contribution in [0.5, 0.6) is 0 Å². The van der Waals surface area contributed by atoms with Gasteiger partial charge in [-0.2, -0.15) is 0 Å². The van der Waals surface area contributed by atoms with Gasteiger partial charge in [-0.25, -0.2) is 9.59 Å². The minimum absolute atomic E-state index is 0.227. The van der Waals surface area contributed by atoms with E-state index in [0.29, 0.717) is 25.4 Å². The fourth-order valence-corrected chi connectivity index (χ4v) is 2.76. The fraction of sp³-hybridized carbons (Fsp3) is 0.583. The molecule has 0 heterocycles. The van der Waals surface area contributed by atoms with Gasteiger partial charge in [0.05, 0.1) is 17.7 Å². The Morgan fingerprint density at radius 3 is 2.21 bits per heavy atom. The molecular formula is C24H34O4. The highest BCUT2D eigenvalue weighted by Gasteiger charge is 2.22. The van der Waals surface area contributed by atoms with E-state index in [9.17, 15) is 9.59 Å². The van der Waals surface area contributed by atoms with Crippen molar-refractivity contribution in [2.24, 2.45) is 5.92 Å². The Bertz CT molecular complexity index is 667. The SMILES string of the molecule is CCC#CC(CC(C)C)OC(=O)c1ccccc1C(=O)OCCCCCCC. The molecule has 0 aliphatic carbocycles. The first kappa shape index (κ1) is 23.8. The molecule has 0 saturated carbocycles. The molecule has 4 nitrogen and oxygen atoms in total. The van der Waals surface area contributed by atoms with Crippen LogP contribution in [0.3, 0.4) is 0 Å². The Balaban J connectivity index is 2.74. The van der Waals surface area contributed by atoms with Crippen molar-refractivity contribution < 1.29 is 19.1 Å². The highest BCUT2D eigenvalue weighted by atomic mass is 16.5. The lowest BCUT2D eigenvalue weighted by Gasteiger charge is -2.16. The van der Waals surface area contributed by atoms with Crippen LogP contribution in [0.2, 0.25) is 0 Å². The van der Waals surface area contributed by atoms with E-state index in [-0.39, 0.29) is 11.1 Å². The number of benzene rings is 1. The number of carbonyl (C=O) groups is 2. The maximum Gasteiger partial charge on any atom is 0.340 e. The predicted octanol–water partition coefficient (Wildman–Crippen LogP) is 5.80. The summed E-state index contributed by atoms with van der Waals surface area (Å²) in [6.07, 6.45) is 6.27. The zero-order valence-corrected chi connectivity index (χ0v) is 17.8. The summed E-state index contributed by atoms with van der Waals surface area (Å²) in [5.74, 6) is 5.30. The first-order chi connectivity index (χ1) is 13.5. The first-order valence-corrected chi connectivity index (χ1v) is 10.4. The van der Waals surface area contributed by atoms with E-state index in [1.165, 1.54) is 12.8 Å². The number of unbranched alkanes of at least 4 members (excludes halogenated alkanes) is 4. The van der Waals surface area contributed by atoms with Gasteiger partial charge in [0.2, 0.25) is 0 Å². The second kappa shape index (κ2) is 13.8. The summed E-state index contributed by atoms with van der Waals surface area (Å²) in [4.78, 5) is 25.1. The molecule has 0 bridgehead atoms. The summed E-state index contributed by atoms with van der Waals surface area (Å²) in [5, 5.41) is 0. The highest BCUT2D eigenvalue weighted by Crippen LogP contribution is 2.16. The van der Waals surface area contributed by atoms with E-state index in [4.69, 9.17) is 9.47 Å². The molecule has 154 valence electrons. The van der Waals surface area contributed by atoms with E-state index >= 15 is 0 Å². The summed E-state index contributed by atoms with van der Waals surface area (Å²) >= 11 is 0. The molecule has 0 aliphatic rings. The maximum atomic E-state index is 12.7. The monoisotopic (exact) mass is 386 g/mol. The molecule has 4 heteroatoms. The topological polar surface area (TPSA) is 52.6 Å². The number of hydrogen-bond donors (Lipinski definition) is 0. The average molecular weight is 387 g/mol. The number of ether oxygens (including phenoxy) is 2. The van der Waals surface area contributed by atoms with Gasteiger partial charge in [0, 0.05) is 6.42 Å². The van der Waals surface area contributed by atoms with Crippen LogP contribution in [-0.2, 0) is 9.47 Å². The molecular weight excluding hydrogens is 352 g/mol. The van der Waals surface area contributed by atoms with Gasteiger partial charge in [-0.1, -0.05) is 77.4 Å². The molecule has 0 amide bonds. The van der Waals surface area contributed by atoms with Crippen LogP contribution in [0.15, 0.2) is 24.3 Å². The van der Waals surface area contributed by atoms with Crippen molar-refractivity contribution in [3.63, 3.8) is 0 Å². The van der Waals surface area contributed by atoms with Gasteiger partial charge in [0.15, 0.2) is 6.10 Å². The number of rotatable bonds is 11. The van der Waals surface area contributed by atoms with Gasteiger partial charge in [-0.05, 0) is 30.9 Å². The van der Waals surface area contributed by atoms with Crippen LogP contribution in [0.4, 0.5) is 0 Å². The predicted molar refractivity (Wildman–Crippen MR) is 112 cm³/mol. The molecule has 1 rings (SSSR count). The Morgan fingerprint density at radius 2 is 1.61 bits per heavy atom. The normalized spacial score (nSPS) is 11.5. The van der Waals surface area contributed by atoms with Gasteiger partial charge in [-0.15, -0.1) is 0 Å². The lowest BCUT2D eigenvalue weighted by molar-refractivity contribution is 0.0360. The second-order valence-electron chi connectivity index (χ2n) is 7.29. The molecule has 28 heavy (non-hydrogen) atoms. The van der Waals surface area contributed by atoms with Crippen molar-refractivity contribution >= 4 is 11.9 Å². The van der Waals surface area contributed by atoms with Crippen molar-refractivity contribution in [2.75, 3.05) is 6.61 Å². The molecule has 0 aliphatic heterocycles. The molecule has 0 aromatic heterocycles. The molecule has 0 spiro atoms. The molecule has 1 aromatic carbocycles. The minimum Gasteiger partial charge on any atom is -0.462 e. The Hall–Kier alpha value is -2.28. The van der Waals surface area contributed by atoms with Crippen molar-refractivity contribution in [3.8, 4) is 11.8 Å². The molecule has 0 N–H and O–H groups in total. The van der Waals surface area contributed by atoms with Crippen LogP contribution in [-0.4, -0.2) is 24.6 Å². The second-order valence-corrected chi connectivity index (χ2v) is 7.29. The summed E-state index contributed by atoms with van der Waals surface area (Å²) < 4.78 is 10.9. The average Bonchev–Trinajstić information content (AvgIpc) is 2.68. The number of carbonyl (C=O) groups excluding carboxylic acids is 2. The molecule has 0 saturated heterocycles. The zero-order valence-electron chi connectivity index (χ0n) is 17.8. The molecule has 1 aromatic rings. The zero-order chi connectivity index (χ0) is 20.8. The lowest BCUT2D eigenvalue weighted by atomic mass is 10.1. The summed E-state index contributed by atoms with van der Waals surface area (Å²) in [7, 11) is 0. The van der Waals surface area contributed by atoms with Crippen molar-refractivity contribution in [2.45, 2.75) is 78.7 Å². The third-order valence-electron chi connectivity index (χ3n) is 4.22. The summed E-state index contributed by atoms with van der Waals surface area (Å²) in [6.45, 7) is 8.59. The van der Waals surface area contributed by atoms with Crippen molar-refractivity contribution in [1.82, 2.24) is 0 Å². The Kier molecular flexibility index (Phi) is 11.7. The smallest absolute Gasteiger partial charge is 0.340 e. The molecule has 1 unspecified atom stereocenters. The largest absolute Gasteiger partial charge is 0.462 e. The fourth-order valence-electron chi connectivity index (χ4n) is 2.76. The molecule has 0 fully saturated rings. The van der Waals surface area contributed by atoms with Crippen LogP contribution in [0, 0.1) is 17.8 Å². The minimum atomic E-state index is -0.536. The van der Waals surface area contributed by atoms with Crippen LogP contribution < -0.4 is 0 Å². The van der Waals surface area contributed by atoms with E-state index in [2.05, 4.69) is 32.6 Å². The Morgan fingerprint density at radius 1 is 0.964 bits per heavy atom. The molecule has 1 atom stereocenters. The van der Waals surface area contributed by atoms with E-state index < -0.39 is 18.0 Å². The Labute approximate surface area is 170 Å². The van der Waals surface area contributed by atoms with Gasteiger partial charge in [0.25, 0.3) is 0 Å².